The topological polar surface area (TPSA) is 29.1 Å². The normalized spacial score (nSPS) is 9.18. The Labute approximate surface area is 68.7 Å². The molecular weight excluding hydrogens is 138 g/mol. The van der Waals surface area contributed by atoms with Crippen LogP contribution in [0.1, 0.15) is 32.6 Å². The monoisotopic (exact) mass is 155 g/mol. The van der Waals surface area contributed by atoms with E-state index in [2.05, 4.69) is 18.8 Å². The first-order valence-corrected chi connectivity index (χ1v) is 4.16. The number of nitrogens with one attached hydrogen (secondary N) is 1. The molecule has 0 fully saturated rings. The zero-order valence-electron chi connectivity index (χ0n) is 7.23. The quantitative estimate of drug-likeness (QED) is 0.449. The van der Waals surface area contributed by atoms with Gasteiger partial charge in [0.15, 0.2) is 0 Å². The van der Waals surface area contributed by atoms with E-state index in [0.717, 1.165) is 18.4 Å². The highest BCUT2D eigenvalue weighted by Gasteiger charge is 1.91. The van der Waals surface area contributed by atoms with Crippen LogP contribution in [0.25, 0.3) is 0 Å². The minimum Gasteiger partial charge on any atom is -0.382 e. The fourth-order valence-corrected chi connectivity index (χ4v) is 0.863. The van der Waals surface area contributed by atoms with Gasteiger partial charge in [-0.15, -0.1) is 0 Å². The summed E-state index contributed by atoms with van der Waals surface area (Å²) in [6.07, 6.45) is 5.47. The van der Waals surface area contributed by atoms with Crippen molar-refractivity contribution in [1.82, 2.24) is 5.32 Å². The summed E-state index contributed by atoms with van der Waals surface area (Å²) in [5, 5.41) is 2.93. The lowest BCUT2D eigenvalue weighted by Crippen LogP contribution is -2.14. The van der Waals surface area contributed by atoms with Crippen molar-refractivity contribution < 1.29 is 4.79 Å². The van der Waals surface area contributed by atoms with Gasteiger partial charge in [-0.1, -0.05) is 26.3 Å². The van der Waals surface area contributed by atoms with Crippen LogP contribution in [-0.2, 0) is 4.79 Å². The molecule has 0 aliphatic carbocycles. The van der Waals surface area contributed by atoms with Gasteiger partial charge >= 0.3 is 0 Å². The molecule has 0 saturated heterocycles. The number of hydrogen-bond acceptors (Lipinski definition) is 2. The number of hydrogen-bond donors (Lipinski definition) is 1. The third-order valence-corrected chi connectivity index (χ3v) is 1.52. The molecule has 11 heavy (non-hydrogen) atoms. The highest BCUT2D eigenvalue weighted by molar-refractivity contribution is 5.52. The fraction of sp³-hybridized carbons (Fsp3) is 0.667. The fourth-order valence-electron chi connectivity index (χ4n) is 0.863. The molecule has 0 aromatic heterocycles. The lowest BCUT2D eigenvalue weighted by atomic mass is 10.2. The summed E-state index contributed by atoms with van der Waals surface area (Å²) in [5.74, 6) is 0. The number of carbonyl (C=O) groups excluding carboxylic acids is 1. The molecule has 0 rings (SSSR count). The van der Waals surface area contributed by atoms with Gasteiger partial charge in [0.2, 0.25) is 0 Å². The smallest absolute Gasteiger partial charge is 0.139 e. The lowest BCUT2D eigenvalue weighted by molar-refractivity contribution is -0.107. The van der Waals surface area contributed by atoms with Crippen molar-refractivity contribution in [1.29, 1.82) is 0 Å². The van der Waals surface area contributed by atoms with Crippen molar-refractivity contribution in [2.24, 2.45) is 0 Å². The van der Waals surface area contributed by atoms with Gasteiger partial charge in [0, 0.05) is 5.70 Å². The molecule has 0 aliphatic heterocycles. The van der Waals surface area contributed by atoms with Crippen LogP contribution in [0.15, 0.2) is 12.3 Å². The van der Waals surface area contributed by atoms with Crippen molar-refractivity contribution in [3.63, 3.8) is 0 Å². The van der Waals surface area contributed by atoms with E-state index in [0.29, 0.717) is 6.54 Å². The van der Waals surface area contributed by atoms with Crippen molar-refractivity contribution in [2.45, 2.75) is 32.6 Å². The van der Waals surface area contributed by atoms with Crippen LogP contribution in [0.2, 0.25) is 0 Å². The maximum absolute atomic E-state index is 9.94. The van der Waals surface area contributed by atoms with Gasteiger partial charge in [-0.2, -0.15) is 0 Å². The average Bonchev–Trinajstić information content (AvgIpc) is 2.01. The minimum atomic E-state index is 0.394. The summed E-state index contributed by atoms with van der Waals surface area (Å²) in [6.45, 7) is 6.36. The maximum atomic E-state index is 9.94. The SMILES string of the molecule is C=C(CCCCC)NCC=O. The molecule has 0 bridgehead atoms. The minimum absolute atomic E-state index is 0.394. The van der Waals surface area contributed by atoms with Crippen LogP contribution in [0.5, 0.6) is 0 Å². The average molecular weight is 155 g/mol. The summed E-state index contributed by atoms with van der Waals surface area (Å²) in [6, 6.07) is 0. The molecule has 0 radical (unpaired) electrons. The van der Waals surface area contributed by atoms with Crippen molar-refractivity contribution in [2.75, 3.05) is 6.54 Å². The molecule has 2 nitrogen and oxygen atoms in total. The first kappa shape index (κ1) is 10.2. The zero-order valence-corrected chi connectivity index (χ0v) is 7.23. The molecule has 0 amide bonds. The third-order valence-electron chi connectivity index (χ3n) is 1.52. The molecular formula is C9H17NO. The zero-order chi connectivity index (χ0) is 8.53. The molecule has 0 heterocycles. The molecule has 64 valence electrons. The lowest BCUT2D eigenvalue weighted by Gasteiger charge is -2.04. The predicted molar refractivity (Wildman–Crippen MR) is 47.3 cm³/mol. The third kappa shape index (κ3) is 7.10. The van der Waals surface area contributed by atoms with E-state index in [9.17, 15) is 4.79 Å². The van der Waals surface area contributed by atoms with Crippen LogP contribution < -0.4 is 5.32 Å². The van der Waals surface area contributed by atoms with Gasteiger partial charge in [0.05, 0.1) is 6.54 Å². The van der Waals surface area contributed by atoms with E-state index in [4.69, 9.17) is 0 Å². The van der Waals surface area contributed by atoms with Gasteiger partial charge in [-0.25, -0.2) is 0 Å². The first-order chi connectivity index (χ1) is 5.31. The summed E-state index contributed by atoms with van der Waals surface area (Å²) < 4.78 is 0. The number of aldehydes is 1. The molecule has 0 unspecified atom stereocenters. The Morgan fingerprint density at radius 1 is 1.55 bits per heavy atom. The van der Waals surface area contributed by atoms with Crippen LogP contribution in [0, 0.1) is 0 Å². The first-order valence-electron chi connectivity index (χ1n) is 4.16. The summed E-state index contributed by atoms with van der Waals surface area (Å²) in [4.78, 5) is 9.94. The van der Waals surface area contributed by atoms with E-state index >= 15 is 0 Å². The van der Waals surface area contributed by atoms with Crippen molar-refractivity contribution in [3.8, 4) is 0 Å². The second-order valence-electron chi connectivity index (χ2n) is 2.61. The second-order valence-corrected chi connectivity index (χ2v) is 2.61. The van der Waals surface area contributed by atoms with Crippen LogP contribution >= 0.6 is 0 Å². The molecule has 0 aromatic carbocycles. The standard InChI is InChI=1S/C9H17NO/c1-3-4-5-6-9(2)10-7-8-11/h8,10H,2-7H2,1H3. The Balaban J connectivity index is 3.15. The Kier molecular flexibility index (Phi) is 6.79. The van der Waals surface area contributed by atoms with Gasteiger partial charge in [-0.05, 0) is 12.8 Å². The Morgan fingerprint density at radius 3 is 2.82 bits per heavy atom. The number of unbranched alkanes of at least 4 members (excludes halogenated alkanes) is 2. The number of carbonyl (C=O) groups is 1. The summed E-state index contributed by atoms with van der Waals surface area (Å²) >= 11 is 0. The second kappa shape index (κ2) is 7.32. The Hall–Kier alpha value is -0.790. The van der Waals surface area contributed by atoms with E-state index < -0.39 is 0 Å². The van der Waals surface area contributed by atoms with Crippen molar-refractivity contribution in [3.05, 3.63) is 12.3 Å². The number of allylic oxidation sites excluding steroid dienone is 1. The molecule has 0 spiro atoms. The number of rotatable bonds is 7. The van der Waals surface area contributed by atoms with E-state index in [1.54, 1.807) is 0 Å². The molecule has 0 aliphatic rings. The van der Waals surface area contributed by atoms with E-state index in [-0.39, 0.29) is 0 Å². The summed E-state index contributed by atoms with van der Waals surface area (Å²) in [5.41, 5.74) is 0.977. The van der Waals surface area contributed by atoms with E-state index in [1.165, 1.54) is 19.3 Å². The maximum Gasteiger partial charge on any atom is 0.139 e. The van der Waals surface area contributed by atoms with Gasteiger partial charge in [0.1, 0.15) is 6.29 Å². The van der Waals surface area contributed by atoms with Gasteiger partial charge in [-0.3, -0.25) is 0 Å². The summed E-state index contributed by atoms with van der Waals surface area (Å²) in [7, 11) is 0. The Morgan fingerprint density at radius 2 is 2.27 bits per heavy atom. The van der Waals surface area contributed by atoms with Crippen LogP contribution in [0.4, 0.5) is 0 Å². The van der Waals surface area contributed by atoms with Crippen LogP contribution in [-0.4, -0.2) is 12.8 Å². The molecule has 0 atom stereocenters. The van der Waals surface area contributed by atoms with Crippen molar-refractivity contribution >= 4 is 6.29 Å². The highest BCUT2D eigenvalue weighted by atomic mass is 16.1. The molecule has 0 saturated carbocycles. The molecule has 2 heteroatoms. The Bertz CT molecular complexity index is 121. The van der Waals surface area contributed by atoms with Gasteiger partial charge in [0.25, 0.3) is 0 Å². The van der Waals surface area contributed by atoms with Crippen LogP contribution in [0.3, 0.4) is 0 Å². The van der Waals surface area contributed by atoms with E-state index in [1.807, 2.05) is 0 Å². The highest BCUT2D eigenvalue weighted by Crippen LogP contribution is 2.03. The molecule has 1 N–H and O–H groups in total. The van der Waals surface area contributed by atoms with Gasteiger partial charge < -0.3 is 10.1 Å². The predicted octanol–water partition coefficient (Wildman–Crippen LogP) is 1.87. The largest absolute Gasteiger partial charge is 0.382 e. The molecule has 0 aromatic rings.